The van der Waals surface area contributed by atoms with E-state index in [0.29, 0.717) is 12.2 Å². The Labute approximate surface area is 143 Å². The SMILES string of the molecule is O=S(=O)([O-])CCCS(=O)(=O)C1CCSC1.[K+]. The molecule has 1 unspecified atom stereocenters. The molecule has 9 heteroatoms. The van der Waals surface area contributed by atoms with Crippen LogP contribution in [-0.4, -0.2) is 49.6 Å². The van der Waals surface area contributed by atoms with Crippen LogP contribution in [0.5, 0.6) is 0 Å². The molecule has 1 aliphatic heterocycles. The molecule has 0 aromatic heterocycles. The molecule has 5 nitrogen and oxygen atoms in total. The minimum absolute atomic E-state index is 0. The third kappa shape index (κ3) is 6.69. The molecule has 0 aromatic rings. The number of hydrogen-bond acceptors (Lipinski definition) is 6. The van der Waals surface area contributed by atoms with Crippen molar-refractivity contribution in [2.75, 3.05) is 23.0 Å². The van der Waals surface area contributed by atoms with Crippen LogP contribution in [0, 0.1) is 0 Å². The average Bonchev–Trinajstić information content (AvgIpc) is 2.52. The summed E-state index contributed by atoms with van der Waals surface area (Å²) >= 11 is 1.59. The first-order chi connectivity index (χ1) is 6.81. The summed E-state index contributed by atoms with van der Waals surface area (Å²) in [6.45, 7) is 0. The van der Waals surface area contributed by atoms with Crippen molar-refractivity contribution in [1.82, 2.24) is 0 Å². The van der Waals surface area contributed by atoms with Crippen LogP contribution in [0.25, 0.3) is 0 Å². The zero-order chi connectivity index (χ0) is 11.5. The topological polar surface area (TPSA) is 91.3 Å². The Balaban J connectivity index is 0.00000225. The molecule has 0 amide bonds. The van der Waals surface area contributed by atoms with Crippen LogP contribution >= 0.6 is 11.8 Å². The molecule has 0 aliphatic carbocycles. The van der Waals surface area contributed by atoms with Gasteiger partial charge in [0.15, 0.2) is 9.84 Å². The van der Waals surface area contributed by atoms with Crippen molar-refractivity contribution in [3.8, 4) is 0 Å². The van der Waals surface area contributed by atoms with Gasteiger partial charge in [-0.15, -0.1) is 0 Å². The molecule has 0 aromatic carbocycles. The maximum absolute atomic E-state index is 11.6. The summed E-state index contributed by atoms with van der Waals surface area (Å²) in [5, 5.41) is -0.350. The number of rotatable bonds is 5. The Hall–Kier alpha value is 1.85. The van der Waals surface area contributed by atoms with E-state index in [4.69, 9.17) is 0 Å². The van der Waals surface area contributed by atoms with Gasteiger partial charge < -0.3 is 4.55 Å². The summed E-state index contributed by atoms with van der Waals surface area (Å²) in [4.78, 5) is 0. The Bertz CT molecular complexity index is 396. The van der Waals surface area contributed by atoms with Gasteiger partial charge in [-0.3, -0.25) is 0 Å². The predicted molar refractivity (Wildman–Crippen MR) is 58.7 cm³/mol. The first kappa shape index (κ1) is 17.8. The van der Waals surface area contributed by atoms with Crippen molar-refractivity contribution in [3.05, 3.63) is 0 Å². The minimum atomic E-state index is -4.29. The van der Waals surface area contributed by atoms with E-state index in [2.05, 4.69) is 0 Å². The molecule has 90 valence electrons. The summed E-state index contributed by atoms with van der Waals surface area (Å²) < 4.78 is 54.1. The van der Waals surface area contributed by atoms with E-state index >= 15 is 0 Å². The molecule has 0 saturated carbocycles. The van der Waals surface area contributed by atoms with E-state index in [1.807, 2.05) is 0 Å². The third-order valence-electron chi connectivity index (χ3n) is 2.22. The van der Waals surface area contributed by atoms with Gasteiger partial charge in [-0.1, -0.05) is 0 Å². The molecule has 0 bridgehead atoms. The fraction of sp³-hybridized carbons (Fsp3) is 1.00. The molecule has 1 atom stereocenters. The van der Waals surface area contributed by atoms with E-state index in [-0.39, 0.29) is 68.8 Å². The maximum Gasteiger partial charge on any atom is 1.00 e. The molecule has 1 fully saturated rings. The van der Waals surface area contributed by atoms with Crippen LogP contribution in [0.3, 0.4) is 0 Å². The standard InChI is InChI=1S/C7H14O5S3.K/c8-14(9,7-2-3-13-6-7)4-1-5-15(10,11)12;/h7H,1-6H2,(H,10,11,12);/q;+1/p-1. The van der Waals surface area contributed by atoms with Gasteiger partial charge in [-0.05, 0) is 18.6 Å². The fourth-order valence-electron chi connectivity index (χ4n) is 1.40. The normalized spacial score (nSPS) is 21.7. The van der Waals surface area contributed by atoms with Gasteiger partial charge in [0.25, 0.3) is 0 Å². The molecule has 0 N–H and O–H groups in total. The quantitative estimate of drug-likeness (QED) is 0.393. The van der Waals surface area contributed by atoms with Crippen molar-refractivity contribution in [2.24, 2.45) is 0 Å². The second-order valence-electron chi connectivity index (χ2n) is 3.47. The summed E-state index contributed by atoms with van der Waals surface area (Å²) in [6.07, 6.45) is 0.548. The van der Waals surface area contributed by atoms with Crippen LogP contribution in [-0.2, 0) is 20.0 Å². The van der Waals surface area contributed by atoms with Crippen molar-refractivity contribution in [2.45, 2.75) is 18.1 Å². The second kappa shape index (κ2) is 7.44. The molecular weight excluding hydrogens is 299 g/mol. The smallest absolute Gasteiger partial charge is 0.748 e. The Kier molecular flexibility index (Phi) is 8.30. The zero-order valence-electron chi connectivity index (χ0n) is 9.09. The predicted octanol–water partition coefficient (Wildman–Crippen LogP) is -3.15. The summed E-state index contributed by atoms with van der Waals surface area (Å²) in [6, 6.07) is 0. The van der Waals surface area contributed by atoms with Crippen molar-refractivity contribution in [1.29, 1.82) is 0 Å². The van der Waals surface area contributed by atoms with E-state index in [1.54, 1.807) is 11.8 Å². The van der Waals surface area contributed by atoms with Crippen molar-refractivity contribution < 1.29 is 72.8 Å². The molecule has 16 heavy (non-hydrogen) atoms. The van der Waals surface area contributed by atoms with E-state index in [1.165, 1.54) is 0 Å². The average molecular weight is 312 g/mol. The van der Waals surface area contributed by atoms with Gasteiger partial charge in [0.2, 0.25) is 0 Å². The van der Waals surface area contributed by atoms with Crippen molar-refractivity contribution in [3.63, 3.8) is 0 Å². The first-order valence-corrected chi connectivity index (χ1v) is 8.99. The molecule has 0 spiro atoms. The molecule has 1 rings (SSSR count). The Morgan fingerprint density at radius 1 is 1.19 bits per heavy atom. The van der Waals surface area contributed by atoms with Gasteiger partial charge in [-0.25, -0.2) is 16.8 Å². The number of hydrogen-bond donors (Lipinski definition) is 0. The number of sulfone groups is 1. The van der Waals surface area contributed by atoms with Crippen LogP contribution < -0.4 is 51.4 Å². The van der Waals surface area contributed by atoms with E-state index in [9.17, 15) is 21.4 Å². The first-order valence-electron chi connectivity index (χ1n) is 4.54. The minimum Gasteiger partial charge on any atom is -0.748 e. The van der Waals surface area contributed by atoms with Crippen LogP contribution in [0.4, 0.5) is 0 Å². The Morgan fingerprint density at radius 3 is 2.25 bits per heavy atom. The zero-order valence-corrected chi connectivity index (χ0v) is 14.7. The second-order valence-corrected chi connectivity index (χ2v) is 8.54. The van der Waals surface area contributed by atoms with Gasteiger partial charge in [0.1, 0.15) is 0 Å². The fourth-order valence-corrected chi connectivity index (χ4v) is 5.75. The monoisotopic (exact) mass is 312 g/mol. The number of thioether (sulfide) groups is 1. The molecular formula is C7H13KO5S3. The Morgan fingerprint density at radius 2 is 1.81 bits per heavy atom. The van der Waals surface area contributed by atoms with Gasteiger partial charge in [0, 0.05) is 11.5 Å². The van der Waals surface area contributed by atoms with Gasteiger partial charge in [0.05, 0.1) is 21.1 Å². The molecule has 1 aliphatic rings. The molecule has 1 heterocycles. The van der Waals surface area contributed by atoms with Crippen LogP contribution in [0.2, 0.25) is 0 Å². The largest absolute Gasteiger partial charge is 1.00 e. The van der Waals surface area contributed by atoms with Crippen molar-refractivity contribution >= 4 is 31.7 Å². The van der Waals surface area contributed by atoms with Crippen LogP contribution in [0.15, 0.2) is 0 Å². The third-order valence-corrected chi connectivity index (χ3v) is 6.66. The van der Waals surface area contributed by atoms with Gasteiger partial charge in [-0.2, -0.15) is 11.8 Å². The van der Waals surface area contributed by atoms with Gasteiger partial charge >= 0.3 is 51.4 Å². The summed E-state index contributed by atoms with van der Waals surface area (Å²) in [7, 11) is -7.50. The van der Waals surface area contributed by atoms with E-state index < -0.39 is 25.7 Å². The maximum atomic E-state index is 11.6. The molecule has 0 radical (unpaired) electrons. The molecule has 1 saturated heterocycles. The summed E-state index contributed by atoms with van der Waals surface area (Å²) in [5.41, 5.74) is 0. The van der Waals surface area contributed by atoms with Crippen LogP contribution in [0.1, 0.15) is 12.8 Å². The summed E-state index contributed by atoms with van der Waals surface area (Å²) in [5.74, 6) is 0.641. The van der Waals surface area contributed by atoms with E-state index in [0.717, 1.165) is 5.75 Å².